The molecule has 0 aliphatic rings. The molecule has 2 aromatic carbocycles. The molecule has 0 heterocycles. The fraction of sp³-hybridized carbons (Fsp3) is 0.176. The Kier molecular flexibility index (Phi) is 4.73. The third-order valence-electron chi connectivity index (χ3n) is 2.83. The van der Waals surface area contributed by atoms with Crippen LogP contribution in [-0.4, -0.2) is 6.61 Å². The number of ether oxygens (including phenoxy) is 1. The van der Waals surface area contributed by atoms with Crippen molar-refractivity contribution >= 4 is 6.08 Å². The summed E-state index contributed by atoms with van der Waals surface area (Å²) >= 11 is 0. The fourth-order valence-electron chi connectivity index (χ4n) is 1.82. The van der Waals surface area contributed by atoms with Crippen molar-refractivity contribution in [2.24, 2.45) is 0 Å². The lowest BCUT2D eigenvalue weighted by Crippen LogP contribution is -1.94. The van der Waals surface area contributed by atoms with E-state index in [0.717, 1.165) is 35.5 Å². The highest BCUT2D eigenvalue weighted by Gasteiger charge is 1.98. The molecular weight excluding hydrogens is 239 g/mol. The van der Waals surface area contributed by atoms with E-state index in [9.17, 15) is 4.39 Å². The summed E-state index contributed by atoms with van der Waals surface area (Å²) in [7, 11) is 0. The summed E-state index contributed by atoms with van der Waals surface area (Å²) < 4.78 is 17.6. The van der Waals surface area contributed by atoms with Crippen LogP contribution in [0, 0.1) is 0 Å². The summed E-state index contributed by atoms with van der Waals surface area (Å²) in [6.07, 6.45) is 2.99. The van der Waals surface area contributed by atoms with Crippen LogP contribution in [0.25, 0.3) is 17.2 Å². The maximum absolute atomic E-state index is 12.1. The van der Waals surface area contributed by atoms with Crippen molar-refractivity contribution in [3.8, 4) is 16.9 Å². The lowest BCUT2D eigenvalue weighted by molar-refractivity contribution is 0.317. The van der Waals surface area contributed by atoms with E-state index in [1.165, 1.54) is 6.08 Å². The molecule has 2 rings (SSSR count). The molecule has 1 nitrogen and oxygen atoms in total. The first-order valence-electron chi connectivity index (χ1n) is 6.43. The Morgan fingerprint density at radius 3 is 2.05 bits per heavy atom. The Morgan fingerprint density at radius 2 is 1.53 bits per heavy atom. The maximum atomic E-state index is 12.1. The van der Waals surface area contributed by atoms with Gasteiger partial charge in [0.15, 0.2) is 0 Å². The molecule has 0 atom stereocenters. The highest BCUT2D eigenvalue weighted by atomic mass is 19.1. The average molecular weight is 256 g/mol. The van der Waals surface area contributed by atoms with Crippen LogP contribution in [-0.2, 0) is 0 Å². The summed E-state index contributed by atoms with van der Waals surface area (Å²) in [6, 6.07) is 15.8. The van der Waals surface area contributed by atoms with Gasteiger partial charge in [0, 0.05) is 0 Å². The number of benzene rings is 2. The Hall–Kier alpha value is -2.09. The molecular formula is C17H17FO. The van der Waals surface area contributed by atoms with Gasteiger partial charge in [-0.3, -0.25) is 0 Å². The van der Waals surface area contributed by atoms with Gasteiger partial charge in [0.25, 0.3) is 0 Å². The van der Waals surface area contributed by atoms with Crippen LogP contribution in [0.1, 0.15) is 18.9 Å². The minimum Gasteiger partial charge on any atom is -0.494 e. The van der Waals surface area contributed by atoms with E-state index in [1.807, 2.05) is 48.5 Å². The van der Waals surface area contributed by atoms with Gasteiger partial charge in [-0.15, -0.1) is 0 Å². The first-order chi connectivity index (χ1) is 9.33. The van der Waals surface area contributed by atoms with Crippen LogP contribution in [0.15, 0.2) is 54.9 Å². The molecule has 19 heavy (non-hydrogen) atoms. The molecule has 2 heteroatoms. The van der Waals surface area contributed by atoms with Crippen molar-refractivity contribution in [3.05, 3.63) is 60.4 Å². The number of hydrogen-bond donors (Lipinski definition) is 0. The summed E-state index contributed by atoms with van der Waals surface area (Å²) in [4.78, 5) is 0. The maximum Gasteiger partial charge on any atom is 0.119 e. The molecule has 0 aliphatic heterocycles. The molecule has 0 aromatic heterocycles. The molecule has 0 aliphatic carbocycles. The van der Waals surface area contributed by atoms with Crippen LogP contribution < -0.4 is 4.74 Å². The average Bonchev–Trinajstić information content (AvgIpc) is 2.47. The number of halogens is 1. The van der Waals surface area contributed by atoms with Crippen molar-refractivity contribution in [3.63, 3.8) is 0 Å². The van der Waals surface area contributed by atoms with Crippen LogP contribution >= 0.6 is 0 Å². The van der Waals surface area contributed by atoms with Crippen LogP contribution in [0.5, 0.6) is 5.75 Å². The molecule has 0 spiro atoms. The van der Waals surface area contributed by atoms with Gasteiger partial charge in [0.05, 0.1) is 12.9 Å². The third-order valence-corrected chi connectivity index (χ3v) is 2.83. The first-order valence-corrected chi connectivity index (χ1v) is 6.43. The lowest BCUT2D eigenvalue weighted by atomic mass is 10.0. The zero-order chi connectivity index (χ0) is 13.5. The summed E-state index contributed by atoms with van der Waals surface area (Å²) in [5.74, 6) is 0.891. The predicted octanol–water partition coefficient (Wildman–Crippen LogP) is 5.08. The van der Waals surface area contributed by atoms with E-state index >= 15 is 0 Å². The third kappa shape index (κ3) is 3.68. The molecule has 0 fully saturated rings. The summed E-state index contributed by atoms with van der Waals surface area (Å²) in [5, 5.41) is 0. The smallest absolute Gasteiger partial charge is 0.119 e. The van der Waals surface area contributed by atoms with Crippen LogP contribution in [0.4, 0.5) is 4.39 Å². The van der Waals surface area contributed by atoms with E-state index in [-0.39, 0.29) is 0 Å². The second-order valence-electron chi connectivity index (χ2n) is 4.29. The molecule has 98 valence electrons. The second kappa shape index (κ2) is 6.74. The first kappa shape index (κ1) is 13.3. The molecule has 0 bridgehead atoms. The van der Waals surface area contributed by atoms with E-state index in [0.29, 0.717) is 6.33 Å². The lowest BCUT2D eigenvalue weighted by Gasteiger charge is -2.06. The van der Waals surface area contributed by atoms with Gasteiger partial charge in [0.2, 0.25) is 0 Å². The Balaban J connectivity index is 2.12. The molecule has 0 saturated heterocycles. The Morgan fingerprint density at radius 1 is 0.947 bits per heavy atom. The molecule has 0 saturated carbocycles. The standard InChI is InChI=1S/C17H17FO/c1-2-13-19-17-9-7-16(8-10-17)15-5-3-14(4-6-15)11-12-18/h3-12H,2,13H2,1H3/b12-11+. The highest BCUT2D eigenvalue weighted by Crippen LogP contribution is 2.23. The normalized spacial score (nSPS) is 10.8. The SMILES string of the molecule is CCCOc1ccc(-c2ccc(/C=C/F)cc2)cc1. The van der Waals surface area contributed by atoms with Gasteiger partial charge in [0.1, 0.15) is 5.75 Å². The number of rotatable bonds is 5. The van der Waals surface area contributed by atoms with Gasteiger partial charge in [-0.25, -0.2) is 4.39 Å². The van der Waals surface area contributed by atoms with Crippen LogP contribution in [0.3, 0.4) is 0 Å². The van der Waals surface area contributed by atoms with Gasteiger partial charge < -0.3 is 4.74 Å². The highest BCUT2D eigenvalue weighted by molar-refractivity contribution is 5.66. The largest absolute Gasteiger partial charge is 0.494 e. The molecule has 0 N–H and O–H groups in total. The van der Waals surface area contributed by atoms with Gasteiger partial charge in [-0.2, -0.15) is 0 Å². The van der Waals surface area contributed by atoms with E-state index in [4.69, 9.17) is 4.74 Å². The zero-order valence-corrected chi connectivity index (χ0v) is 11.0. The van der Waals surface area contributed by atoms with Crippen molar-refractivity contribution < 1.29 is 9.13 Å². The quantitative estimate of drug-likeness (QED) is 0.724. The monoisotopic (exact) mass is 256 g/mol. The summed E-state index contributed by atoms with van der Waals surface area (Å²) in [6.45, 7) is 2.82. The zero-order valence-electron chi connectivity index (χ0n) is 11.0. The number of hydrogen-bond acceptors (Lipinski definition) is 1. The molecule has 2 aromatic rings. The van der Waals surface area contributed by atoms with Crippen molar-refractivity contribution in [2.45, 2.75) is 13.3 Å². The van der Waals surface area contributed by atoms with Gasteiger partial charge in [-0.1, -0.05) is 43.3 Å². The second-order valence-corrected chi connectivity index (χ2v) is 4.29. The topological polar surface area (TPSA) is 9.23 Å². The molecule has 0 amide bonds. The minimum atomic E-state index is 0.550. The Bertz CT molecular complexity index is 526. The van der Waals surface area contributed by atoms with Crippen molar-refractivity contribution in [1.82, 2.24) is 0 Å². The van der Waals surface area contributed by atoms with E-state index < -0.39 is 0 Å². The predicted molar refractivity (Wildman–Crippen MR) is 77.8 cm³/mol. The van der Waals surface area contributed by atoms with Crippen LogP contribution in [0.2, 0.25) is 0 Å². The minimum absolute atomic E-state index is 0.550. The van der Waals surface area contributed by atoms with E-state index in [1.54, 1.807) is 0 Å². The fourth-order valence-corrected chi connectivity index (χ4v) is 1.82. The Labute approximate surface area is 113 Å². The molecule has 0 radical (unpaired) electrons. The van der Waals surface area contributed by atoms with Crippen molar-refractivity contribution in [1.29, 1.82) is 0 Å². The summed E-state index contributed by atoms with van der Waals surface area (Å²) in [5.41, 5.74) is 3.09. The molecule has 0 unspecified atom stereocenters. The van der Waals surface area contributed by atoms with Gasteiger partial charge >= 0.3 is 0 Å². The van der Waals surface area contributed by atoms with Crippen molar-refractivity contribution in [2.75, 3.05) is 6.61 Å². The van der Waals surface area contributed by atoms with E-state index in [2.05, 4.69) is 6.92 Å². The van der Waals surface area contributed by atoms with Gasteiger partial charge in [-0.05, 0) is 41.3 Å².